The van der Waals surface area contributed by atoms with Crippen molar-refractivity contribution in [1.29, 1.82) is 5.41 Å². The van der Waals surface area contributed by atoms with Crippen LogP contribution < -0.4 is 21.1 Å². The molecule has 1 unspecified atom stereocenters. The number of aromatic nitrogens is 2. The third kappa shape index (κ3) is 4.38. The van der Waals surface area contributed by atoms with Gasteiger partial charge in [0.2, 0.25) is 0 Å². The lowest BCUT2D eigenvalue weighted by atomic mass is 9.96. The Kier molecular flexibility index (Phi) is 6.27. The molecule has 3 aromatic rings. The second-order valence-electron chi connectivity index (χ2n) is 7.94. The van der Waals surface area contributed by atoms with Crippen molar-refractivity contribution < 1.29 is 13.9 Å². The van der Waals surface area contributed by atoms with Crippen molar-refractivity contribution >= 4 is 17.6 Å². The number of anilines is 1. The van der Waals surface area contributed by atoms with E-state index in [0.717, 1.165) is 37.2 Å². The van der Waals surface area contributed by atoms with Crippen LogP contribution in [0.1, 0.15) is 51.7 Å². The first-order valence-electron chi connectivity index (χ1n) is 10.6. The molecule has 1 aliphatic rings. The van der Waals surface area contributed by atoms with Crippen LogP contribution in [0.2, 0.25) is 0 Å². The molecule has 32 heavy (non-hydrogen) atoms. The molecule has 1 atom stereocenters. The van der Waals surface area contributed by atoms with Gasteiger partial charge in [0.1, 0.15) is 23.6 Å². The molecule has 0 saturated carbocycles. The molecule has 0 spiro atoms. The smallest absolute Gasteiger partial charge is 0.283 e. The molecule has 3 heterocycles. The standard InChI is InChI=1S/C23H28N6O3/c1-14-10-18(13-32-14)23(30)29-22(27-11-15-5-7-16(8-6-15)21(24)25)20(31-2)19(28-29)17-4-3-9-26-12-17/h5-8,10,13,17,26-27H,3-4,9,11-12H2,1-2H3,(H3,24,25). The maximum Gasteiger partial charge on any atom is 0.283 e. The van der Waals surface area contributed by atoms with Crippen LogP contribution in [0, 0.1) is 12.3 Å². The van der Waals surface area contributed by atoms with Gasteiger partial charge < -0.3 is 25.5 Å². The van der Waals surface area contributed by atoms with Gasteiger partial charge in [0, 0.05) is 24.6 Å². The number of carbonyl (C=O) groups excluding carboxylic acids is 1. The number of piperidine rings is 1. The Morgan fingerprint density at radius 2 is 2.16 bits per heavy atom. The third-order valence-electron chi connectivity index (χ3n) is 5.65. The average Bonchev–Trinajstić information content (AvgIpc) is 3.41. The summed E-state index contributed by atoms with van der Waals surface area (Å²) in [6.07, 6.45) is 3.46. The van der Waals surface area contributed by atoms with Gasteiger partial charge in [-0.2, -0.15) is 9.78 Å². The number of rotatable bonds is 7. The number of furan rings is 1. The van der Waals surface area contributed by atoms with E-state index in [9.17, 15) is 4.79 Å². The van der Waals surface area contributed by atoms with Crippen LogP contribution in [0.3, 0.4) is 0 Å². The van der Waals surface area contributed by atoms with Crippen molar-refractivity contribution in [2.45, 2.75) is 32.2 Å². The molecule has 0 radical (unpaired) electrons. The lowest BCUT2D eigenvalue weighted by Gasteiger charge is -2.21. The van der Waals surface area contributed by atoms with E-state index < -0.39 is 0 Å². The maximum atomic E-state index is 13.3. The highest BCUT2D eigenvalue weighted by atomic mass is 16.5. The van der Waals surface area contributed by atoms with E-state index in [-0.39, 0.29) is 17.7 Å². The first-order chi connectivity index (χ1) is 15.5. The predicted octanol–water partition coefficient (Wildman–Crippen LogP) is 2.84. The zero-order valence-corrected chi connectivity index (χ0v) is 18.3. The van der Waals surface area contributed by atoms with Crippen LogP contribution in [0.15, 0.2) is 41.0 Å². The zero-order valence-electron chi connectivity index (χ0n) is 18.3. The van der Waals surface area contributed by atoms with Crippen molar-refractivity contribution in [3.8, 4) is 5.75 Å². The predicted molar refractivity (Wildman–Crippen MR) is 122 cm³/mol. The molecule has 1 aromatic carbocycles. The Labute approximate surface area is 186 Å². The van der Waals surface area contributed by atoms with Gasteiger partial charge in [-0.05, 0) is 37.9 Å². The third-order valence-corrected chi connectivity index (χ3v) is 5.65. The van der Waals surface area contributed by atoms with E-state index in [1.54, 1.807) is 32.2 Å². The van der Waals surface area contributed by atoms with Gasteiger partial charge in [-0.1, -0.05) is 24.3 Å². The number of hydrogen-bond donors (Lipinski definition) is 4. The summed E-state index contributed by atoms with van der Waals surface area (Å²) in [6.45, 7) is 4.01. The van der Waals surface area contributed by atoms with Crippen LogP contribution in [0.5, 0.6) is 5.75 Å². The summed E-state index contributed by atoms with van der Waals surface area (Å²) in [6, 6.07) is 9.08. The lowest BCUT2D eigenvalue weighted by molar-refractivity contribution is 0.0946. The SMILES string of the molecule is COc1c(C2CCCNC2)nn(C(=O)c2coc(C)c2)c1NCc1ccc(C(=N)N)cc1. The number of ether oxygens (including phenoxy) is 1. The summed E-state index contributed by atoms with van der Waals surface area (Å²) in [4.78, 5) is 13.3. The molecule has 5 N–H and O–H groups in total. The lowest BCUT2D eigenvalue weighted by Crippen LogP contribution is -2.29. The maximum absolute atomic E-state index is 13.3. The molecule has 4 rings (SSSR count). The van der Waals surface area contributed by atoms with Gasteiger partial charge in [-0.3, -0.25) is 10.2 Å². The minimum atomic E-state index is -0.287. The number of nitrogen functional groups attached to an aromatic ring is 1. The number of amidine groups is 1. The van der Waals surface area contributed by atoms with Gasteiger partial charge in [-0.15, -0.1) is 0 Å². The quantitative estimate of drug-likeness (QED) is 0.331. The number of methoxy groups -OCH3 is 1. The molecule has 2 aromatic heterocycles. The fraction of sp³-hybridized carbons (Fsp3) is 0.348. The highest BCUT2D eigenvalue weighted by Gasteiger charge is 2.29. The minimum Gasteiger partial charge on any atom is -0.491 e. The summed E-state index contributed by atoms with van der Waals surface area (Å²) in [5, 5.41) is 19.0. The Bertz CT molecular complexity index is 1110. The topological polar surface area (TPSA) is 131 Å². The van der Waals surface area contributed by atoms with Crippen LogP contribution in [0.4, 0.5) is 5.82 Å². The van der Waals surface area contributed by atoms with Crippen LogP contribution in [0.25, 0.3) is 0 Å². The first kappa shape index (κ1) is 21.6. The largest absolute Gasteiger partial charge is 0.491 e. The molecule has 1 fully saturated rings. The van der Waals surface area contributed by atoms with Gasteiger partial charge in [0.25, 0.3) is 5.91 Å². The Balaban J connectivity index is 1.68. The van der Waals surface area contributed by atoms with Gasteiger partial charge in [-0.25, -0.2) is 0 Å². The molecule has 1 saturated heterocycles. The Hall–Kier alpha value is -3.59. The monoisotopic (exact) mass is 436 g/mol. The fourth-order valence-corrected chi connectivity index (χ4v) is 3.94. The van der Waals surface area contributed by atoms with Crippen molar-refractivity contribution in [2.75, 3.05) is 25.5 Å². The van der Waals surface area contributed by atoms with Gasteiger partial charge >= 0.3 is 0 Å². The van der Waals surface area contributed by atoms with E-state index in [0.29, 0.717) is 35.0 Å². The average molecular weight is 437 g/mol. The van der Waals surface area contributed by atoms with E-state index in [1.807, 2.05) is 12.1 Å². The molecule has 0 bridgehead atoms. The van der Waals surface area contributed by atoms with E-state index in [1.165, 1.54) is 10.9 Å². The second kappa shape index (κ2) is 9.27. The van der Waals surface area contributed by atoms with Crippen LogP contribution in [-0.2, 0) is 6.54 Å². The number of nitrogens with two attached hydrogens (primary N) is 1. The van der Waals surface area contributed by atoms with Crippen molar-refractivity contribution in [3.05, 3.63) is 64.7 Å². The second-order valence-corrected chi connectivity index (χ2v) is 7.94. The highest BCUT2D eigenvalue weighted by molar-refractivity contribution is 5.98. The number of benzene rings is 1. The normalized spacial score (nSPS) is 16.0. The molecule has 1 aliphatic heterocycles. The van der Waals surface area contributed by atoms with Gasteiger partial charge in [0.15, 0.2) is 11.6 Å². The van der Waals surface area contributed by atoms with E-state index in [4.69, 9.17) is 25.4 Å². The summed E-state index contributed by atoms with van der Waals surface area (Å²) in [5.41, 5.74) is 8.36. The molecular weight excluding hydrogens is 408 g/mol. The van der Waals surface area contributed by atoms with Gasteiger partial charge in [0.05, 0.1) is 12.7 Å². The first-order valence-corrected chi connectivity index (χ1v) is 10.6. The summed E-state index contributed by atoms with van der Waals surface area (Å²) in [5.74, 6) is 1.64. The molecule has 9 heteroatoms. The number of hydrogen-bond acceptors (Lipinski definition) is 7. The molecule has 0 aliphatic carbocycles. The molecule has 0 amide bonds. The van der Waals surface area contributed by atoms with Crippen LogP contribution >= 0.6 is 0 Å². The van der Waals surface area contributed by atoms with E-state index >= 15 is 0 Å². The number of nitrogens with zero attached hydrogens (tertiary/aromatic N) is 2. The zero-order chi connectivity index (χ0) is 22.7. The summed E-state index contributed by atoms with van der Waals surface area (Å²) < 4.78 is 12.5. The number of aryl methyl sites for hydroxylation is 1. The highest BCUT2D eigenvalue weighted by Crippen LogP contribution is 2.37. The minimum absolute atomic E-state index is 0.0241. The van der Waals surface area contributed by atoms with Crippen molar-refractivity contribution in [1.82, 2.24) is 15.1 Å². The number of nitrogens with one attached hydrogen (secondary N) is 3. The van der Waals surface area contributed by atoms with Crippen molar-refractivity contribution in [2.24, 2.45) is 5.73 Å². The Morgan fingerprint density at radius 3 is 2.75 bits per heavy atom. The summed E-state index contributed by atoms with van der Waals surface area (Å²) in [7, 11) is 1.60. The Morgan fingerprint density at radius 1 is 1.38 bits per heavy atom. The van der Waals surface area contributed by atoms with Crippen molar-refractivity contribution in [3.63, 3.8) is 0 Å². The fourth-order valence-electron chi connectivity index (χ4n) is 3.94. The summed E-state index contributed by atoms with van der Waals surface area (Å²) >= 11 is 0. The molecule has 9 nitrogen and oxygen atoms in total. The molecule has 168 valence electrons. The molecular formula is C23H28N6O3. The number of carbonyl (C=O) groups is 1. The van der Waals surface area contributed by atoms with Crippen LogP contribution in [-0.4, -0.2) is 41.7 Å². The van der Waals surface area contributed by atoms with E-state index in [2.05, 4.69) is 10.6 Å².